The minimum absolute atomic E-state index is 0.528. The second-order valence-electron chi connectivity index (χ2n) is 2.72. The van der Waals surface area contributed by atoms with Crippen molar-refractivity contribution >= 4 is 11.6 Å². The summed E-state index contributed by atoms with van der Waals surface area (Å²) in [5.74, 6) is -1.27. The van der Waals surface area contributed by atoms with Crippen molar-refractivity contribution < 1.29 is 18.5 Å². The molecule has 0 aliphatic carbocycles. The van der Waals surface area contributed by atoms with Crippen LogP contribution in [0.3, 0.4) is 0 Å². The molecule has 1 aromatic rings. The number of primary amides is 1. The van der Waals surface area contributed by atoms with Gasteiger partial charge < -0.3 is 10.7 Å². The molecular formula is C7H5F2N3O4. The van der Waals surface area contributed by atoms with E-state index in [0.29, 0.717) is 6.20 Å². The van der Waals surface area contributed by atoms with Crippen LogP contribution in [0.4, 0.5) is 14.5 Å². The molecule has 1 aromatic heterocycles. The van der Waals surface area contributed by atoms with Gasteiger partial charge in [0.1, 0.15) is 0 Å². The van der Waals surface area contributed by atoms with Crippen molar-refractivity contribution in [1.82, 2.24) is 4.98 Å². The summed E-state index contributed by atoms with van der Waals surface area (Å²) in [6.07, 6.45) is -2.65. The number of hydrogen-bond donors (Lipinski definition) is 2. The van der Waals surface area contributed by atoms with Gasteiger partial charge in [-0.3, -0.25) is 19.7 Å². The summed E-state index contributed by atoms with van der Waals surface area (Å²) in [7, 11) is 0. The minimum Gasteiger partial charge on any atom is -0.364 e. The lowest BCUT2D eigenvalue weighted by Gasteiger charge is -2.01. The first-order valence-electron chi connectivity index (χ1n) is 3.84. The summed E-state index contributed by atoms with van der Waals surface area (Å²) >= 11 is 0. The Bertz CT molecular complexity index is 511. The number of carbonyl (C=O) groups is 1. The maximum Gasteiger partial charge on any atom is 0.345 e. The average molecular weight is 233 g/mol. The number of H-pyrrole nitrogens is 1. The molecule has 0 atom stereocenters. The number of alkyl halides is 2. The van der Waals surface area contributed by atoms with Gasteiger partial charge in [-0.05, 0) is 0 Å². The van der Waals surface area contributed by atoms with Crippen molar-refractivity contribution in [1.29, 1.82) is 0 Å². The van der Waals surface area contributed by atoms with E-state index in [2.05, 4.69) is 0 Å². The molecule has 1 heterocycles. The Hall–Kier alpha value is -2.32. The number of carbonyl (C=O) groups excluding carboxylic acids is 1. The number of nitrogens with one attached hydrogen (secondary N) is 1. The first-order chi connectivity index (χ1) is 7.36. The predicted molar refractivity (Wildman–Crippen MR) is 47.2 cm³/mol. The van der Waals surface area contributed by atoms with Crippen LogP contribution in [0, 0.1) is 10.1 Å². The van der Waals surface area contributed by atoms with Crippen LogP contribution in [0.2, 0.25) is 0 Å². The first-order valence-corrected chi connectivity index (χ1v) is 3.84. The van der Waals surface area contributed by atoms with Crippen LogP contribution in [0.5, 0.6) is 0 Å². The Labute approximate surface area is 86.0 Å². The van der Waals surface area contributed by atoms with Gasteiger partial charge in [-0.25, -0.2) is 8.78 Å². The maximum atomic E-state index is 12.2. The lowest BCUT2D eigenvalue weighted by Crippen LogP contribution is -2.23. The quantitative estimate of drug-likeness (QED) is 0.576. The van der Waals surface area contributed by atoms with Crippen LogP contribution in [0.25, 0.3) is 0 Å². The van der Waals surface area contributed by atoms with E-state index >= 15 is 0 Å². The molecule has 0 saturated carbocycles. The van der Waals surface area contributed by atoms with E-state index in [-0.39, 0.29) is 0 Å². The zero-order chi connectivity index (χ0) is 12.5. The summed E-state index contributed by atoms with van der Waals surface area (Å²) in [5, 5.41) is 10.5. The number of nitrogens with zero attached hydrogens (tertiary/aromatic N) is 1. The van der Waals surface area contributed by atoms with Gasteiger partial charge in [0, 0.05) is 6.20 Å². The minimum atomic E-state index is -3.18. The molecular weight excluding hydrogens is 228 g/mol. The fourth-order valence-corrected chi connectivity index (χ4v) is 1.06. The molecule has 86 valence electrons. The summed E-state index contributed by atoms with van der Waals surface area (Å²) < 4.78 is 24.5. The van der Waals surface area contributed by atoms with E-state index in [1.165, 1.54) is 0 Å². The number of amides is 1. The van der Waals surface area contributed by atoms with Crippen LogP contribution in [0.1, 0.15) is 22.5 Å². The largest absolute Gasteiger partial charge is 0.364 e. The molecule has 0 aliphatic heterocycles. The third-order valence-corrected chi connectivity index (χ3v) is 1.75. The Balaban J connectivity index is 3.61. The van der Waals surface area contributed by atoms with Gasteiger partial charge in [-0.2, -0.15) is 0 Å². The molecule has 16 heavy (non-hydrogen) atoms. The number of nitrogens with two attached hydrogens (primary N) is 1. The molecule has 0 aromatic carbocycles. The lowest BCUT2D eigenvalue weighted by atomic mass is 10.2. The van der Waals surface area contributed by atoms with E-state index in [0.717, 1.165) is 0 Å². The van der Waals surface area contributed by atoms with Crippen molar-refractivity contribution in [3.63, 3.8) is 0 Å². The molecule has 3 N–H and O–H groups in total. The average Bonchev–Trinajstić information content (AvgIpc) is 2.15. The number of pyridine rings is 1. The normalized spacial score (nSPS) is 10.4. The number of nitro groups is 1. The highest BCUT2D eigenvalue weighted by atomic mass is 19.3. The van der Waals surface area contributed by atoms with E-state index in [1.54, 1.807) is 0 Å². The second kappa shape index (κ2) is 4.04. The fourth-order valence-electron chi connectivity index (χ4n) is 1.06. The van der Waals surface area contributed by atoms with E-state index in [4.69, 9.17) is 5.73 Å². The van der Waals surface area contributed by atoms with Crippen molar-refractivity contribution in [2.75, 3.05) is 0 Å². The summed E-state index contributed by atoms with van der Waals surface area (Å²) in [5.41, 5.74) is 0.0603. The molecule has 0 radical (unpaired) electrons. The Kier molecular flexibility index (Phi) is 2.97. The molecule has 0 spiro atoms. The van der Waals surface area contributed by atoms with E-state index in [1.807, 2.05) is 4.98 Å². The molecule has 1 amide bonds. The lowest BCUT2D eigenvalue weighted by molar-refractivity contribution is -0.386. The van der Waals surface area contributed by atoms with Gasteiger partial charge in [0.25, 0.3) is 17.8 Å². The molecule has 1 rings (SSSR count). The number of aromatic nitrogens is 1. The topological polar surface area (TPSA) is 119 Å². The predicted octanol–water partition coefficient (Wildman–Crippen LogP) is 0.320. The zero-order valence-electron chi connectivity index (χ0n) is 7.57. The first kappa shape index (κ1) is 11.8. The third-order valence-electron chi connectivity index (χ3n) is 1.75. The zero-order valence-corrected chi connectivity index (χ0v) is 7.57. The number of halogens is 2. The Morgan fingerprint density at radius 3 is 2.50 bits per heavy atom. The molecule has 0 fully saturated rings. The van der Waals surface area contributed by atoms with Gasteiger partial charge >= 0.3 is 5.69 Å². The summed E-state index contributed by atoms with van der Waals surface area (Å²) in [6, 6.07) is 0. The second-order valence-corrected chi connectivity index (χ2v) is 2.72. The molecule has 0 aliphatic rings. The van der Waals surface area contributed by atoms with E-state index in [9.17, 15) is 28.5 Å². The van der Waals surface area contributed by atoms with Crippen molar-refractivity contribution in [3.8, 4) is 0 Å². The summed E-state index contributed by atoms with van der Waals surface area (Å²) in [6.45, 7) is 0. The van der Waals surface area contributed by atoms with Crippen LogP contribution in [0.15, 0.2) is 11.0 Å². The van der Waals surface area contributed by atoms with Crippen molar-refractivity contribution in [2.24, 2.45) is 5.73 Å². The molecule has 0 saturated heterocycles. The van der Waals surface area contributed by atoms with Crippen molar-refractivity contribution in [3.05, 3.63) is 37.8 Å². The smallest absolute Gasteiger partial charge is 0.345 e. The highest BCUT2D eigenvalue weighted by molar-refractivity contribution is 5.94. The van der Waals surface area contributed by atoms with Crippen LogP contribution < -0.4 is 11.2 Å². The standard InChI is InChI=1S/C7H5F2N3O4/c8-6(9)2-1-11-3(7(10)14)4(5(2)13)12(15)16/h1,6H,(H2,10,14)(H,11,13). The number of aromatic amines is 1. The van der Waals surface area contributed by atoms with Gasteiger partial charge in [-0.15, -0.1) is 0 Å². The highest BCUT2D eigenvalue weighted by Crippen LogP contribution is 2.18. The highest BCUT2D eigenvalue weighted by Gasteiger charge is 2.28. The van der Waals surface area contributed by atoms with Crippen molar-refractivity contribution in [2.45, 2.75) is 6.43 Å². The summed E-state index contributed by atoms with van der Waals surface area (Å²) in [4.78, 5) is 33.1. The number of hydrogen-bond acceptors (Lipinski definition) is 4. The maximum absolute atomic E-state index is 12.2. The monoisotopic (exact) mass is 233 g/mol. The van der Waals surface area contributed by atoms with Gasteiger partial charge in [-0.1, -0.05) is 0 Å². The molecule has 0 bridgehead atoms. The van der Waals surface area contributed by atoms with Crippen LogP contribution in [-0.2, 0) is 0 Å². The Morgan fingerprint density at radius 2 is 2.12 bits per heavy atom. The van der Waals surface area contributed by atoms with Gasteiger partial charge in [0.2, 0.25) is 0 Å². The molecule has 7 nitrogen and oxygen atoms in total. The molecule has 0 unspecified atom stereocenters. The van der Waals surface area contributed by atoms with Crippen LogP contribution in [-0.4, -0.2) is 15.8 Å². The fraction of sp³-hybridized carbons (Fsp3) is 0.143. The Morgan fingerprint density at radius 1 is 1.56 bits per heavy atom. The molecule has 9 heteroatoms. The van der Waals surface area contributed by atoms with E-state index < -0.39 is 39.6 Å². The van der Waals surface area contributed by atoms with Gasteiger partial charge in [0.15, 0.2) is 5.69 Å². The van der Waals surface area contributed by atoms with Gasteiger partial charge in [0.05, 0.1) is 10.5 Å². The van der Waals surface area contributed by atoms with Crippen LogP contribution >= 0.6 is 0 Å². The third kappa shape index (κ3) is 1.87. The SMILES string of the molecule is NC(=O)c1[nH]cc(C(F)F)c(=O)c1[N+](=O)[O-]. The number of rotatable bonds is 3.